The Morgan fingerprint density at radius 1 is 1.35 bits per heavy atom. The molecule has 2 aromatic heterocycles. The summed E-state index contributed by atoms with van der Waals surface area (Å²) >= 11 is 0. The van der Waals surface area contributed by atoms with Crippen LogP contribution in [0.3, 0.4) is 0 Å². The SMILES string of the molecule is COCCn1ccc2nc(N)nc(NC(C)COC)c21. The number of nitrogens with zero attached hydrogens (tertiary/aromatic N) is 3. The summed E-state index contributed by atoms with van der Waals surface area (Å²) in [5.41, 5.74) is 7.51. The van der Waals surface area contributed by atoms with Crippen LogP contribution in [-0.2, 0) is 16.0 Å². The molecular formula is C13H21N5O2. The second-order valence-corrected chi connectivity index (χ2v) is 4.67. The quantitative estimate of drug-likeness (QED) is 0.789. The molecule has 20 heavy (non-hydrogen) atoms. The molecule has 7 nitrogen and oxygen atoms in total. The number of anilines is 2. The van der Waals surface area contributed by atoms with Crippen molar-refractivity contribution >= 4 is 22.8 Å². The number of fused-ring (bicyclic) bond motifs is 1. The van der Waals surface area contributed by atoms with E-state index in [2.05, 4.69) is 19.9 Å². The summed E-state index contributed by atoms with van der Waals surface area (Å²) in [5, 5.41) is 3.31. The van der Waals surface area contributed by atoms with Crippen molar-refractivity contribution in [1.29, 1.82) is 0 Å². The van der Waals surface area contributed by atoms with Crippen LogP contribution in [0, 0.1) is 0 Å². The van der Waals surface area contributed by atoms with E-state index >= 15 is 0 Å². The van der Waals surface area contributed by atoms with E-state index in [9.17, 15) is 0 Å². The van der Waals surface area contributed by atoms with Crippen LogP contribution in [0.4, 0.5) is 11.8 Å². The van der Waals surface area contributed by atoms with Crippen molar-refractivity contribution in [1.82, 2.24) is 14.5 Å². The maximum absolute atomic E-state index is 5.76. The van der Waals surface area contributed by atoms with E-state index in [0.717, 1.165) is 23.4 Å². The second-order valence-electron chi connectivity index (χ2n) is 4.67. The molecule has 1 atom stereocenters. The normalized spacial score (nSPS) is 12.8. The number of nitrogens with two attached hydrogens (primary N) is 1. The molecule has 2 aromatic rings. The molecule has 0 saturated heterocycles. The van der Waals surface area contributed by atoms with Crippen LogP contribution in [0.1, 0.15) is 6.92 Å². The second kappa shape index (κ2) is 6.53. The number of hydrogen-bond donors (Lipinski definition) is 2. The maximum atomic E-state index is 5.76. The van der Waals surface area contributed by atoms with Gasteiger partial charge in [0.1, 0.15) is 5.52 Å². The highest BCUT2D eigenvalue weighted by Gasteiger charge is 2.13. The topological polar surface area (TPSA) is 87.2 Å². The van der Waals surface area contributed by atoms with Crippen molar-refractivity contribution in [2.24, 2.45) is 0 Å². The largest absolute Gasteiger partial charge is 0.383 e. The molecule has 0 aliphatic heterocycles. The Bertz CT molecular complexity index is 569. The number of ether oxygens (including phenoxy) is 2. The molecule has 0 fully saturated rings. The fourth-order valence-corrected chi connectivity index (χ4v) is 2.13. The summed E-state index contributed by atoms with van der Waals surface area (Å²) in [6, 6.07) is 2.05. The first-order valence-electron chi connectivity index (χ1n) is 6.52. The van der Waals surface area contributed by atoms with Gasteiger partial charge in [0, 0.05) is 33.0 Å². The summed E-state index contributed by atoms with van der Waals surface area (Å²) in [6.45, 7) is 3.97. The summed E-state index contributed by atoms with van der Waals surface area (Å²) in [4.78, 5) is 8.55. The van der Waals surface area contributed by atoms with Gasteiger partial charge in [0.15, 0.2) is 5.82 Å². The summed E-state index contributed by atoms with van der Waals surface area (Å²) in [5.74, 6) is 0.979. The lowest BCUT2D eigenvalue weighted by atomic mass is 10.3. The van der Waals surface area contributed by atoms with Crippen molar-refractivity contribution in [3.63, 3.8) is 0 Å². The standard InChI is InChI=1S/C13H21N5O2/c1-9(8-20-3)15-12-11-10(16-13(14)17-12)4-5-18(11)6-7-19-2/h4-5,9H,6-8H2,1-3H3,(H3,14,15,16,17). The zero-order valence-electron chi connectivity index (χ0n) is 12.1. The zero-order valence-corrected chi connectivity index (χ0v) is 12.1. The molecule has 0 aliphatic carbocycles. The van der Waals surface area contributed by atoms with Gasteiger partial charge in [0.05, 0.1) is 18.7 Å². The van der Waals surface area contributed by atoms with Crippen LogP contribution >= 0.6 is 0 Å². The Kier molecular flexibility index (Phi) is 4.75. The van der Waals surface area contributed by atoms with Crippen molar-refractivity contribution in [3.8, 4) is 0 Å². The number of nitrogens with one attached hydrogen (secondary N) is 1. The lowest BCUT2D eigenvalue weighted by Gasteiger charge is -2.16. The van der Waals surface area contributed by atoms with E-state index in [1.165, 1.54) is 0 Å². The summed E-state index contributed by atoms with van der Waals surface area (Å²) < 4.78 is 12.3. The minimum atomic E-state index is 0.128. The van der Waals surface area contributed by atoms with Gasteiger partial charge in [-0.05, 0) is 13.0 Å². The Hall–Kier alpha value is -1.86. The Balaban J connectivity index is 2.36. The van der Waals surface area contributed by atoms with Crippen LogP contribution in [0.25, 0.3) is 11.0 Å². The molecule has 0 spiro atoms. The molecule has 0 radical (unpaired) electrons. The molecule has 3 N–H and O–H groups in total. The Labute approximate surface area is 118 Å². The smallest absolute Gasteiger partial charge is 0.222 e. The van der Waals surface area contributed by atoms with Gasteiger partial charge in [-0.15, -0.1) is 0 Å². The fraction of sp³-hybridized carbons (Fsp3) is 0.538. The van der Waals surface area contributed by atoms with E-state index < -0.39 is 0 Å². The highest BCUT2D eigenvalue weighted by atomic mass is 16.5. The highest BCUT2D eigenvalue weighted by Crippen LogP contribution is 2.23. The molecule has 0 aliphatic rings. The number of nitrogen functional groups attached to an aromatic ring is 1. The first-order valence-corrected chi connectivity index (χ1v) is 6.52. The van der Waals surface area contributed by atoms with Gasteiger partial charge in [-0.1, -0.05) is 0 Å². The van der Waals surface area contributed by atoms with Crippen LogP contribution in [-0.4, -0.2) is 48.0 Å². The predicted molar refractivity (Wildman–Crippen MR) is 78.8 cm³/mol. The molecule has 110 valence electrons. The molecule has 0 aromatic carbocycles. The minimum absolute atomic E-state index is 0.128. The fourth-order valence-electron chi connectivity index (χ4n) is 2.13. The lowest BCUT2D eigenvalue weighted by molar-refractivity contribution is 0.188. The van der Waals surface area contributed by atoms with Gasteiger partial charge in [0.2, 0.25) is 5.95 Å². The van der Waals surface area contributed by atoms with Crippen molar-refractivity contribution in [3.05, 3.63) is 12.3 Å². The van der Waals surface area contributed by atoms with Crippen molar-refractivity contribution in [2.45, 2.75) is 19.5 Å². The molecular weight excluding hydrogens is 258 g/mol. The zero-order chi connectivity index (χ0) is 14.5. The molecule has 0 amide bonds. The number of aromatic nitrogens is 3. The first kappa shape index (κ1) is 14.5. The number of methoxy groups -OCH3 is 2. The van der Waals surface area contributed by atoms with Crippen LogP contribution < -0.4 is 11.1 Å². The van der Waals surface area contributed by atoms with Gasteiger partial charge in [-0.25, -0.2) is 4.98 Å². The van der Waals surface area contributed by atoms with Crippen LogP contribution in [0.15, 0.2) is 12.3 Å². The van der Waals surface area contributed by atoms with E-state index in [-0.39, 0.29) is 12.0 Å². The van der Waals surface area contributed by atoms with Gasteiger partial charge in [0.25, 0.3) is 0 Å². The van der Waals surface area contributed by atoms with Gasteiger partial charge in [-0.2, -0.15) is 4.98 Å². The molecule has 2 heterocycles. The van der Waals surface area contributed by atoms with Gasteiger partial charge in [-0.3, -0.25) is 0 Å². The Morgan fingerprint density at radius 3 is 2.85 bits per heavy atom. The van der Waals surface area contributed by atoms with E-state index in [0.29, 0.717) is 13.2 Å². The Morgan fingerprint density at radius 2 is 2.15 bits per heavy atom. The average molecular weight is 279 g/mol. The van der Waals surface area contributed by atoms with E-state index in [1.807, 2.05) is 19.2 Å². The maximum Gasteiger partial charge on any atom is 0.222 e. The number of rotatable bonds is 7. The van der Waals surface area contributed by atoms with Crippen molar-refractivity contribution < 1.29 is 9.47 Å². The third-order valence-corrected chi connectivity index (χ3v) is 2.96. The third kappa shape index (κ3) is 3.17. The molecule has 0 saturated carbocycles. The monoisotopic (exact) mass is 279 g/mol. The molecule has 0 bridgehead atoms. The molecule has 1 unspecified atom stereocenters. The highest BCUT2D eigenvalue weighted by molar-refractivity contribution is 5.87. The van der Waals surface area contributed by atoms with Gasteiger partial charge >= 0.3 is 0 Å². The molecule has 2 rings (SSSR count). The average Bonchev–Trinajstić information content (AvgIpc) is 2.79. The number of hydrogen-bond acceptors (Lipinski definition) is 6. The summed E-state index contributed by atoms with van der Waals surface area (Å²) in [6.07, 6.45) is 1.96. The van der Waals surface area contributed by atoms with Crippen LogP contribution in [0.5, 0.6) is 0 Å². The van der Waals surface area contributed by atoms with Crippen molar-refractivity contribution in [2.75, 3.05) is 38.5 Å². The summed E-state index contributed by atoms with van der Waals surface area (Å²) in [7, 11) is 3.35. The van der Waals surface area contributed by atoms with Crippen LogP contribution in [0.2, 0.25) is 0 Å². The molecule has 7 heteroatoms. The lowest BCUT2D eigenvalue weighted by Crippen LogP contribution is -2.22. The third-order valence-electron chi connectivity index (χ3n) is 2.96. The first-order chi connectivity index (χ1) is 9.65. The van der Waals surface area contributed by atoms with Gasteiger partial charge < -0.3 is 25.1 Å². The minimum Gasteiger partial charge on any atom is -0.383 e. The predicted octanol–water partition coefficient (Wildman–Crippen LogP) is 1.11. The van der Waals surface area contributed by atoms with E-state index in [1.54, 1.807) is 14.2 Å². The van der Waals surface area contributed by atoms with E-state index in [4.69, 9.17) is 15.2 Å².